The summed E-state index contributed by atoms with van der Waals surface area (Å²) in [6, 6.07) is 12.4. The average Bonchev–Trinajstić information content (AvgIpc) is 2.39. The molecule has 98 valence electrons. The topological polar surface area (TPSA) is 52.4 Å². The first-order valence-corrected chi connectivity index (χ1v) is 6.48. The minimum Gasteiger partial charge on any atom is -0.489 e. The van der Waals surface area contributed by atoms with Crippen molar-refractivity contribution in [1.29, 1.82) is 0 Å². The van der Waals surface area contributed by atoms with Crippen LogP contribution in [0.5, 0.6) is 5.75 Å². The summed E-state index contributed by atoms with van der Waals surface area (Å²) in [5, 5.41) is 10.6. The second kappa shape index (κ2) is 5.84. The van der Waals surface area contributed by atoms with Crippen molar-refractivity contribution in [3.8, 4) is 5.75 Å². The van der Waals surface area contributed by atoms with E-state index in [-0.39, 0.29) is 5.69 Å². The van der Waals surface area contributed by atoms with Crippen LogP contribution in [0.15, 0.2) is 46.9 Å². The van der Waals surface area contributed by atoms with Crippen LogP contribution in [-0.4, -0.2) is 4.92 Å². The van der Waals surface area contributed by atoms with E-state index in [0.29, 0.717) is 11.1 Å². The van der Waals surface area contributed by atoms with E-state index in [1.807, 2.05) is 31.2 Å². The molecule has 0 fully saturated rings. The molecule has 0 N–H and O–H groups in total. The van der Waals surface area contributed by atoms with Crippen LogP contribution >= 0.6 is 15.9 Å². The van der Waals surface area contributed by atoms with Crippen LogP contribution in [0, 0.1) is 17.0 Å². The Morgan fingerprint density at radius 1 is 1.21 bits per heavy atom. The molecule has 2 aromatic rings. The SMILES string of the molecule is Cc1ccc(OCc2ccc([N+](=O)[O-])cc2Br)cc1. The van der Waals surface area contributed by atoms with E-state index >= 15 is 0 Å². The van der Waals surface area contributed by atoms with Gasteiger partial charge in [-0.3, -0.25) is 10.1 Å². The fourth-order valence-corrected chi connectivity index (χ4v) is 2.04. The molecule has 0 aliphatic carbocycles. The van der Waals surface area contributed by atoms with Gasteiger partial charge in [0.15, 0.2) is 0 Å². The number of halogens is 1. The minimum absolute atomic E-state index is 0.0611. The van der Waals surface area contributed by atoms with Crippen molar-refractivity contribution < 1.29 is 9.66 Å². The number of benzene rings is 2. The van der Waals surface area contributed by atoms with E-state index < -0.39 is 4.92 Å². The summed E-state index contributed by atoms with van der Waals surface area (Å²) in [5.74, 6) is 0.774. The Balaban J connectivity index is 2.07. The Labute approximate surface area is 119 Å². The third-order valence-electron chi connectivity index (χ3n) is 2.66. The molecule has 0 aliphatic rings. The maximum absolute atomic E-state index is 10.6. The van der Waals surface area contributed by atoms with E-state index in [1.54, 1.807) is 6.07 Å². The Bertz CT molecular complexity index is 596. The lowest BCUT2D eigenvalue weighted by molar-refractivity contribution is -0.384. The summed E-state index contributed by atoms with van der Waals surface area (Å²) in [7, 11) is 0. The quantitative estimate of drug-likeness (QED) is 0.625. The summed E-state index contributed by atoms with van der Waals surface area (Å²) < 4.78 is 6.30. The minimum atomic E-state index is -0.421. The smallest absolute Gasteiger partial charge is 0.270 e. The highest BCUT2D eigenvalue weighted by atomic mass is 79.9. The first-order valence-electron chi connectivity index (χ1n) is 5.68. The molecule has 0 unspecified atom stereocenters. The number of hydrogen-bond donors (Lipinski definition) is 0. The molecule has 2 aromatic carbocycles. The molecule has 0 bridgehead atoms. The van der Waals surface area contributed by atoms with Crippen LogP contribution < -0.4 is 4.74 Å². The highest BCUT2D eigenvalue weighted by Crippen LogP contribution is 2.24. The third-order valence-corrected chi connectivity index (χ3v) is 3.40. The standard InChI is InChI=1S/C14H12BrNO3/c1-10-2-6-13(7-3-10)19-9-11-4-5-12(16(17)18)8-14(11)15/h2-8H,9H2,1H3. The second-order valence-corrected chi connectivity index (χ2v) is 4.99. The fourth-order valence-electron chi connectivity index (χ4n) is 1.56. The van der Waals surface area contributed by atoms with Crippen molar-refractivity contribution in [2.45, 2.75) is 13.5 Å². The van der Waals surface area contributed by atoms with Crippen LogP contribution in [0.3, 0.4) is 0 Å². The van der Waals surface area contributed by atoms with Gasteiger partial charge in [0.2, 0.25) is 0 Å². The number of ether oxygens (including phenoxy) is 1. The third kappa shape index (κ3) is 3.54. The van der Waals surface area contributed by atoms with Crippen LogP contribution in [0.1, 0.15) is 11.1 Å². The van der Waals surface area contributed by atoms with Crippen LogP contribution in [0.4, 0.5) is 5.69 Å². The van der Waals surface area contributed by atoms with Crippen molar-refractivity contribution >= 4 is 21.6 Å². The van der Waals surface area contributed by atoms with Crippen molar-refractivity contribution in [3.05, 3.63) is 68.2 Å². The van der Waals surface area contributed by atoms with E-state index in [9.17, 15) is 10.1 Å². The highest BCUT2D eigenvalue weighted by Gasteiger charge is 2.09. The Morgan fingerprint density at radius 2 is 1.89 bits per heavy atom. The Morgan fingerprint density at radius 3 is 2.47 bits per heavy atom. The summed E-state index contributed by atoms with van der Waals surface area (Å²) in [6.07, 6.45) is 0. The molecule has 0 aromatic heterocycles. The molecule has 0 amide bonds. The maximum Gasteiger partial charge on any atom is 0.270 e. The van der Waals surface area contributed by atoms with Gasteiger partial charge in [-0.15, -0.1) is 0 Å². The zero-order valence-electron chi connectivity index (χ0n) is 10.3. The summed E-state index contributed by atoms with van der Waals surface area (Å²) in [4.78, 5) is 10.2. The molecule has 0 saturated carbocycles. The van der Waals surface area contributed by atoms with Crippen LogP contribution in [0.25, 0.3) is 0 Å². The number of nitrogens with zero attached hydrogens (tertiary/aromatic N) is 1. The summed E-state index contributed by atoms with van der Waals surface area (Å²) in [6.45, 7) is 2.37. The van der Waals surface area contributed by atoms with Crippen molar-refractivity contribution in [3.63, 3.8) is 0 Å². The van der Waals surface area contributed by atoms with E-state index in [0.717, 1.165) is 11.3 Å². The molecule has 0 spiro atoms. The molecule has 4 nitrogen and oxygen atoms in total. The maximum atomic E-state index is 10.6. The van der Waals surface area contributed by atoms with E-state index in [4.69, 9.17) is 4.74 Å². The number of rotatable bonds is 4. The predicted molar refractivity (Wildman–Crippen MR) is 76.3 cm³/mol. The van der Waals surface area contributed by atoms with Gasteiger partial charge in [-0.1, -0.05) is 33.6 Å². The number of nitro groups is 1. The molecule has 0 radical (unpaired) electrons. The second-order valence-electron chi connectivity index (χ2n) is 4.13. The first kappa shape index (κ1) is 13.5. The van der Waals surface area contributed by atoms with Crippen LogP contribution in [-0.2, 0) is 6.61 Å². The molecule has 2 rings (SSSR count). The van der Waals surface area contributed by atoms with Gasteiger partial charge >= 0.3 is 0 Å². The van der Waals surface area contributed by atoms with E-state index in [2.05, 4.69) is 15.9 Å². The molecular formula is C14H12BrNO3. The predicted octanol–water partition coefficient (Wildman–Crippen LogP) is 4.24. The molecule has 0 heterocycles. The van der Waals surface area contributed by atoms with Crippen molar-refractivity contribution in [1.82, 2.24) is 0 Å². The fraction of sp³-hybridized carbons (Fsp3) is 0.143. The number of nitro benzene ring substituents is 1. The van der Waals surface area contributed by atoms with Gasteiger partial charge in [0.05, 0.1) is 4.92 Å². The molecular weight excluding hydrogens is 310 g/mol. The van der Waals surface area contributed by atoms with Gasteiger partial charge in [-0.2, -0.15) is 0 Å². The average molecular weight is 322 g/mol. The lowest BCUT2D eigenvalue weighted by Gasteiger charge is -2.08. The van der Waals surface area contributed by atoms with Gasteiger partial charge in [0, 0.05) is 22.2 Å². The Hall–Kier alpha value is -1.88. The zero-order chi connectivity index (χ0) is 13.8. The zero-order valence-corrected chi connectivity index (χ0v) is 11.9. The van der Waals surface area contributed by atoms with Gasteiger partial charge < -0.3 is 4.74 Å². The highest BCUT2D eigenvalue weighted by molar-refractivity contribution is 9.10. The molecule has 19 heavy (non-hydrogen) atoms. The number of hydrogen-bond acceptors (Lipinski definition) is 3. The largest absolute Gasteiger partial charge is 0.489 e. The monoisotopic (exact) mass is 321 g/mol. The van der Waals surface area contributed by atoms with Crippen molar-refractivity contribution in [2.24, 2.45) is 0 Å². The van der Waals surface area contributed by atoms with Crippen LogP contribution in [0.2, 0.25) is 0 Å². The van der Waals surface area contributed by atoms with Gasteiger partial charge in [-0.25, -0.2) is 0 Å². The van der Waals surface area contributed by atoms with E-state index in [1.165, 1.54) is 17.7 Å². The normalized spacial score (nSPS) is 10.2. The molecule has 0 aliphatic heterocycles. The Kier molecular flexibility index (Phi) is 4.16. The lowest BCUT2D eigenvalue weighted by Crippen LogP contribution is -1.97. The number of aryl methyl sites for hydroxylation is 1. The van der Waals surface area contributed by atoms with Gasteiger partial charge in [0.1, 0.15) is 12.4 Å². The van der Waals surface area contributed by atoms with Crippen molar-refractivity contribution in [2.75, 3.05) is 0 Å². The summed E-state index contributed by atoms with van der Waals surface area (Å²) in [5.41, 5.74) is 2.10. The lowest BCUT2D eigenvalue weighted by atomic mass is 10.2. The van der Waals surface area contributed by atoms with Gasteiger partial charge in [-0.05, 0) is 25.1 Å². The molecule has 0 atom stereocenters. The first-order chi connectivity index (χ1) is 9.06. The molecule has 0 saturated heterocycles. The van der Waals surface area contributed by atoms with Gasteiger partial charge in [0.25, 0.3) is 5.69 Å². The number of non-ortho nitro benzene ring substituents is 1. The summed E-state index contributed by atoms with van der Waals surface area (Å²) >= 11 is 3.32. The molecule has 5 heteroatoms.